The fourth-order valence-electron chi connectivity index (χ4n) is 3.44. The van der Waals surface area contributed by atoms with Crippen molar-refractivity contribution in [2.45, 2.75) is 31.7 Å². The number of carbonyl (C=O) groups is 1. The van der Waals surface area contributed by atoms with E-state index in [0.29, 0.717) is 6.04 Å². The lowest BCUT2D eigenvalue weighted by Crippen LogP contribution is -2.52. The summed E-state index contributed by atoms with van der Waals surface area (Å²) in [5, 5.41) is 0. The first-order valence-electron chi connectivity index (χ1n) is 7.53. The van der Waals surface area contributed by atoms with E-state index in [1.165, 1.54) is 19.4 Å². The molecule has 108 valence electrons. The predicted molar refractivity (Wildman–Crippen MR) is 80.4 cm³/mol. The van der Waals surface area contributed by atoms with Crippen LogP contribution in [-0.4, -0.2) is 47.9 Å². The zero-order valence-electron chi connectivity index (χ0n) is 12.1. The summed E-state index contributed by atoms with van der Waals surface area (Å²) in [7, 11) is 0. The first kappa shape index (κ1) is 13.4. The molecule has 2 atom stereocenters. The standard InChI is InChI=1S/C16H23N3O/c1-12(13-4-2-5-14(17)10-13)16(20)19-9-8-18-7-3-6-15(18)11-19/h2,4-5,10,12,15H,3,6-9,11,17H2,1H3. The van der Waals surface area contributed by atoms with Crippen molar-refractivity contribution in [2.75, 3.05) is 31.9 Å². The zero-order valence-corrected chi connectivity index (χ0v) is 12.1. The van der Waals surface area contributed by atoms with Gasteiger partial charge in [-0.25, -0.2) is 0 Å². The smallest absolute Gasteiger partial charge is 0.229 e. The Labute approximate surface area is 120 Å². The molecule has 2 aliphatic rings. The van der Waals surface area contributed by atoms with Gasteiger partial charge in [0.2, 0.25) is 5.91 Å². The van der Waals surface area contributed by atoms with Crippen LogP contribution in [0.5, 0.6) is 0 Å². The lowest BCUT2D eigenvalue weighted by Gasteiger charge is -2.38. The molecule has 2 heterocycles. The summed E-state index contributed by atoms with van der Waals surface area (Å²) in [6.07, 6.45) is 2.51. The molecule has 1 aromatic rings. The number of carbonyl (C=O) groups excluding carboxylic acids is 1. The highest BCUT2D eigenvalue weighted by Gasteiger charge is 2.33. The molecule has 4 heteroatoms. The highest BCUT2D eigenvalue weighted by atomic mass is 16.2. The fraction of sp³-hybridized carbons (Fsp3) is 0.562. The molecule has 0 aliphatic carbocycles. The van der Waals surface area contributed by atoms with Crippen molar-refractivity contribution in [1.82, 2.24) is 9.80 Å². The Bertz CT molecular complexity index is 502. The average Bonchev–Trinajstić information content (AvgIpc) is 2.93. The highest BCUT2D eigenvalue weighted by Crippen LogP contribution is 2.25. The molecule has 20 heavy (non-hydrogen) atoms. The summed E-state index contributed by atoms with van der Waals surface area (Å²) in [6, 6.07) is 8.27. The second-order valence-electron chi connectivity index (χ2n) is 6.01. The van der Waals surface area contributed by atoms with Gasteiger partial charge in [0.05, 0.1) is 5.92 Å². The van der Waals surface area contributed by atoms with Crippen molar-refractivity contribution >= 4 is 11.6 Å². The van der Waals surface area contributed by atoms with Crippen LogP contribution in [0.15, 0.2) is 24.3 Å². The normalized spacial score (nSPS) is 24.4. The second-order valence-corrected chi connectivity index (χ2v) is 6.01. The summed E-state index contributed by atoms with van der Waals surface area (Å²) < 4.78 is 0. The molecule has 0 aromatic heterocycles. The molecule has 4 nitrogen and oxygen atoms in total. The van der Waals surface area contributed by atoms with Gasteiger partial charge in [-0.05, 0) is 44.0 Å². The molecule has 0 saturated carbocycles. The van der Waals surface area contributed by atoms with Crippen LogP contribution in [0, 0.1) is 0 Å². The molecular weight excluding hydrogens is 250 g/mol. The number of hydrogen-bond acceptors (Lipinski definition) is 3. The molecule has 1 aromatic carbocycles. The molecule has 0 radical (unpaired) electrons. The maximum Gasteiger partial charge on any atom is 0.229 e. The number of piperazine rings is 1. The Morgan fingerprint density at radius 2 is 2.20 bits per heavy atom. The number of nitrogens with two attached hydrogens (primary N) is 1. The maximum atomic E-state index is 12.7. The average molecular weight is 273 g/mol. The third-order valence-electron chi connectivity index (χ3n) is 4.68. The zero-order chi connectivity index (χ0) is 14.1. The summed E-state index contributed by atoms with van der Waals surface area (Å²) >= 11 is 0. The van der Waals surface area contributed by atoms with Gasteiger partial charge >= 0.3 is 0 Å². The van der Waals surface area contributed by atoms with Crippen LogP contribution in [0.4, 0.5) is 5.69 Å². The van der Waals surface area contributed by atoms with Crippen LogP contribution in [-0.2, 0) is 4.79 Å². The van der Waals surface area contributed by atoms with E-state index in [-0.39, 0.29) is 11.8 Å². The van der Waals surface area contributed by atoms with Crippen LogP contribution in [0.2, 0.25) is 0 Å². The topological polar surface area (TPSA) is 49.6 Å². The second kappa shape index (κ2) is 5.44. The van der Waals surface area contributed by atoms with Crippen molar-refractivity contribution in [3.8, 4) is 0 Å². The monoisotopic (exact) mass is 273 g/mol. The van der Waals surface area contributed by atoms with Gasteiger partial charge < -0.3 is 10.6 Å². The highest BCUT2D eigenvalue weighted by molar-refractivity contribution is 5.83. The molecular formula is C16H23N3O. The molecule has 0 spiro atoms. The van der Waals surface area contributed by atoms with E-state index in [4.69, 9.17) is 5.73 Å². The van der Waals surface area contributed by atoms with Crippen LogP contribution in [0.25, 0.3) is 0 Å². The molecule has 0 bridgehead atoms. The quantitative estimate of drug-likeness (QED) is 0.834. The lowest BCUT2D eigenvalue weighted by molar-refractivity contribution is -0.135. The SMILES string of the molecule is CC(C(=O)N1CCN2CCCC2C1)c1cccc(N)c1. The molecule has 2 aliphatic heterocycles. The van der Waals surface area contributed by atoms with E-state index in [1.807, 2.05) is 36.1 Å². The number of fused-ring (bicyclic) bond motifs is 1. The van der Waals surface area contributed by atoms with Crippen molar-refractivity contribution in [3.63, 3.8) is 0 Å². The molecule has 1 amide bonds. The van der Waals surface area contributed by atoms with Gasteiger partial charge in [-0.3, -0.25) is 9.69 Å². The van der Waals surface area contributed by atoms with E-state index in [2.05, 4.69) is 4.90 Å². The number of amides is 1. The molecule has 2 N–H and O–H groups in total. The first-order chi connectivity index (χ1) is 9.65. The van der Waals surface area contributed by atoms with Gasteiger partial charge in [0.1, 0.15) is 0 Å². The van der Waals surface area contributed by atoms with Gasteiger partial charge in [0, 0.05) is 31.4 Å². The van der Waals surface area contributed by atoms with Crippen LogP contribution in [0.1, 0.15) is 31.2 Å². The third kappa shape index (κ3) is 2.52. The van der Waals surface area contributed by atoms with Crippen LogP contribution < -0.4 is 5.73 Å². The molecule has 3 rings (SSSR count). The third-order valence-corrected chi connectivity index (χ3v) is 4.68. The minimum absolute atomic E-state index is 0.105. The Balaban J connectivity index is 1.69. The van der Waals surface area contributed by atoms with Crippen molar-refractivity contribution in [1.29, 1.82) is 0 Å². The summed E-state index contributed by atoms with van der Waals surface area (Å²) in [4.78, 5) is 17.2. The van der Waals surface area contributed by atoms with E-state index in [9.17, 15) is 4.79 Å². The van der Waals surface area contributed by atoms with Gasteiger partial charge in [-0.2, -0.15) is 0 Å². The van der Waals surface area contributed by atoms with Gasteiger partial charge in [-0.1, -0.05) is 12.1 Å². The Morgan fingerprint density at radius 3 is 3.00 bits per heavy atom. The van der Waals surface area contributed by atoms with Crippen LogP contribution in [0.3, 0.4) is 0 Å². The van der Waals surface area contributed by atoms with E-state index >= 15 is 0 Å². The molecule has 2 saturated heterocycles. The summed E-state index contributed by atoms with van der Waals surface area (Å²) in [5.41, 5.74) is 7.56. The van der Waals surface area contributed by atoms with Crippen molar-refractivity contribution in [2.24, 2.45) is 0 Å². The lowest BCUT2D eigenvalue weighted by atomic mass is 9.98. The number of nitrogen functional groups attached to an aromatic ring is 1. The van der Waals surface area contributed by atoms with E-state index < -0.39 is 0 Å². The summed E-state index contributed by atoms with van der Waals surface area (Å²) in [5.74, 6) is 0.133. The Morgan fingerprint density at radius 1 is 1.35 bits per heavy atom. The number of hydrogen-bond donors (Lipinski definition) is 1. The predicted octanol–water partition coefficient (Wildman–Crippen LogP) is 1.68. The largest absolute Gasteiger partial charge is 0.399 e. The Kier molecular flexibility index (Phi) is 3.66. The molecule has 2 fully saturated rings. The van der Waals surface area contributed by atoms with Crippen LogP contribution >= 0.6 is 0 Å². The number of rotatable bonds is 2. The minimum Gasteiger partial charge on any atom is -0.399 e. The van der Waals surface area contributed by atoms with Gasteiger partial charge in [-0.15, -0.1) is 0 Å². The number of benzene rings is 1. The summed E-state index contributed by atoms with van der Waals surface area (Å²) in [6.45, 7) is 5.98. The van der Waals surface area contributed by atoms with Crippen molar-refractivity contribution < 1.29 is 4.79 Å². The fourth-order valence-corrected chi connectivity index (χ4v) is 3.44. The van der Waals surface area contributed by atoms with Crippen molar-refractivity contribution in [3.05, 3.63) is 29.8 Å². The molecule has 2 unspecified atom stereocenters. The Hall–Kier alpha value is -1.55. The number of anilines is 1. The van der Waals surface area contributed by atoms with E-state index in [0.717, 1.165) is 30.9 Å². The maximum absolute atomic E-state index is 12.7. The van der Waals surface area contributed by atoms with E-state index in [1.54, 1.807) is 0 Å². The van der Waals surface area contributed by atoms with Gasteiger partial charge in [0.15, 0.2) is 0 Å². The minimum atomic E-state index is -0.105. The number of nitrogens with zero attached hydrogens (tertiary/aromatic N) is 2. The van der Waals surface area contributed by atoms with Gasteiger partial charge in [0.25, 0.3) is 0 Å². The first-order valence-corrected chi connectivity index (χ1v) is 7.53.